The molecule has 1 aliphatic rings. The monoisotopic (exact) mass is 476 g/mol. The Morgan fingerprint density at radius 2 is 1.91 bits per heavy atom. The van der Waals surface area contributed by atoms with Gasteiger partial charge in [-0.25, -0.2) is 4.98 Å². The van der Waals surface area contributed by atoms with E-state index in [1.165, 1.54) is 14.2 Å². The molecule has 0 unspecified atom stereocenters. The number of nitrogens with zero attached hydrogens (tertiary/aromatic N) is 4. The highest BCUT2D eigenvalue weighted by Crippen LogP contribution is 2.35. The first-order valence-electron chi connectivity index (χ1n) is 9.88. The second kappa shape index (κ2) is 9.18. The molecular weight excluding hydrogens is 457 g/mol. The van der Waals surface area contributed by atoms with Gasteiger partial charge in [-0.05, 0) is 36.2 Å². The number of anilines is 1. The lowest BCUT2D eigenvalue weighted by Crippen LogP contribution is -2.34. The Morgan fingerprint density at radius 1 is 1.15 bits per heavy atom. The summed E-state index contributed by atoms with van der Waals surface area (Å²) in [4.78, 5) is 21.1. The number of amides is 1. The summed E-state index contributed by atoms with van der Waals surface area (Å²) >= 11 is 1.10. The topological polar surface area (TPSA) is 76.4 Å². The van der Waals surface area contributed by atoms with Gasteiger partial charge in [0.2, 0.25) is 5.13 Å². The molecule has 4 rings (SSSR count). The van der Waals surface area contributed by atoms with Gasteiger partial charge < -0.3 is 9.47 Å². The van der Waals surface area contributed by atoms with Crippen LogP contribution >= 0.6 is 11.3 Å². The Labute approximate surface area is 191 Å². The van der Waals surface area contributed by atoms with Crippen LogP contribution in [-0.2, 0) is 11.2 Å². The van der Waals surface area contributed by atoms with E-state index in [0.29, 0.717) is 23.4 Å². The van der Waals surface area contributed by atoms with E-state index in [0.717, 1.165) is 32.8 Å². The maximum atomic E-state index is 13.6. The van der Waals surface area contributed by atoms with Gasteiger partial charge in [0.05, 0.1) is 24.4 Å². The Bertz CT molecular complexity index is 1210. The Balaban J connectivity index is 1.51. The molecule has 0 saturated carbocycles. The van der Waals surface area contributed by atoms with Crippen LogP contribution in [0, 0.1) is 5.92 Å². The lowest BCUT2D eigenvalue weighted by atomic mass is 10.0. The first-order valence-corrected chi connectivity index (χ1v) is 10.7. The number of ether oxygens (including phenoxy) is 2. The Hall–Kier alpha value is -3.47. The van der Waals surface area contributed by atoms with Gasteiger partial charge in [-0.2, -0.15) is 23.3 Å². The fourth-order valence-electron chi connectivity index (χ4n) is 3.33. The number of aliphatic imine (C=N–C) groups is 1. The van der Waals surface area contributed by atoms with Crippen LogP contribution in [0.25, 0.3) is 10.2 Å². The Morgan fingerprint density at radius 3 is 2.61 bits per heavy atom. The SMILES string of the molecule is COc1ccc(CCN=C[C@H]2C(=O)N(c3nc4ccccc4s3)N=C2C(F)(F)F)cc1OC. The van der Waals surface area contributed by atoms with Crippen LogP contribution in [0.15, 0.2) is 52.6 Å². The molecule has 0 bridgehead atoms. The number of benzene rings is 2. The van der Waals surface area contributed by atoms with E-state index in [-0.39, 0.29) is 11.7 Å². The summed E-state index contributed by atoms with van der Waals surface area (Å²) in [5.74, 6) is -1.34. The number of hydrogen-bond acceptors (Lipinski definition) is 7. The van der Waals surface area contributed by atoms with Gasteiger partial charge in [0.25, 0.3) is 5.91 Å². The molecule has 0 aliphatic carbocycles. The quantitative estimate of drug-likeness (QED) is 0.471. The molecule has 1 aromatic heterocycles. The maximum absolute atomic E-state index is 13.6. The van der Waals surface area contributed by atoms with Gasteiger partial charge >= 0.3 is 6.18 Å². The predicted molar refractivity (Wildman–Crippen MR) is 121 cm³/mol. The number of hydrazone groups is 1. The number of thiazole rings is 1. The molecule has 1 atom stereocenters. The number of fused-ring (bicyclic) bond motifs is 1. The van der Waals surface area contributed by atoms with E-state index < -0.39 is 23.7 Å². The first-order chi connectivity index (χ1) is 15.8. The Kier molecular flexibility index (Phi) is 6.32. The largest absolute Gasteiger partial charge is 0.493 e. The van der Waals surface area contributed by atoms with E-state index in [1.807, 2.05) is 6.07 Å². The summed E-state index contributed by atoms with van der Waals surface area (Å²) in [6, 6.07) is 12.4. The summed E-state index contributed by atoms with van der Waals surface area (Å²) in [6.45, 7) is 0.186. The van der Waals surface area contributed by atoms with Crippen molar-refractivity contribution in [2.24, 2.45) is 16.0 Å². The fourth-order valence-corrected chi connectivity index (χ4v) is 4.26. The number of alkyl halides is 3. The van der Waals surface area contributed by atoms with Crippen molar-refractivity contribution in [1.82, 2.24) is 4.98 Å². The third-order valence-electron chi connectivity index (χ3n) is 4.96. The van der Waals surface area contributed by atoms with Crippen molar-refractivity contribution in [3.63, 3.8) is 0 Å². The van der Waals surface area contributed by atoms with Crippen molar-refractivity contribution in [3.8, 4) is 11.5 Å². The summed E-state index contributed by atoms with van der Waals surface area (Å²) in [7, 11) is 3.04. The number of rotatable bonds is 7. The van der Waals surface area contributed by atoms with Gasteiger partial charge in [0.15, 0.2) is 17.2 Å². The average Bonchev–Trinajstić information content (AvgIpc) is 3.37. The van der Waals surface area contributed by atoms with E-state index in [9.17, 15) is 18.0 Å². The van der Waals surface area contributed by atoms with Crippen molar-refractivity contribution in [1.29, 1.82) is 0 Å². The molecule has 0 radical (unpaired) electrons. The summed E-state index contributed by atoms with van der Waals surface area (Å²) < 4.78 is 52.0. The van der Waals surface area contributed by atoms with Gasteiger partial charge in [-0.3, -0.25) is 9.79 Å². The van der Waals surface area contributed by atoms with Crippen LogP contribution in [0.5, 0.6) is 11.5 Å². The molecule has 2 aromatic carbocycles. The minimum Gasteiger partial charge on any atom is -0.493 e. The van der Waals surface area contributed by atoms with Crippen LogP contribution < -0.4 is 14.5 Å². The van der Waals surface area contributed by atoms with Crippen molar-refractivity contribution in [2.45, 2.75) is 12.6 Å². The third kappa shape index (κ3) is 4.68. The van der Waals surface area contributed by atoms with Crippen LogP contribution in [0.4, 0.5) is 18.3 Å². The zero-order valence-corrected chi connectivity index (χ0v) is 18.5. The number of halogens is 3. The number of hydrogen-bond donors (Lipinski definition) is 0. The van der Waals surface area contributed by atoms with Gasteiger partial charge in [-0.15, -0.1) is 0 Å². The van der Waals surface area contributed by atoms with Gasteiger partial charge in [-0.1, -0.05) is 29.5 Å². The number of para-hydroxylation sites is 1. The highest BCUT2D eigenvalue weighted by Gasteiger charge is 2.50. The highest BCUT2D eigenvalue weighted by molar-refractivity contribution is 7.22. The summed E-state index contributed by atoms with van der Waals surface area (Å²) in [6.07, 6.45) is -3.32. The molecule has 11 heteroatoms. The molecule has 3 aromatic rings. The minimum atomic E-state index is -4.78. The number of carbonyl (C=O) groups excluding carboxylic acids is 1. The van der Waals surface area contributed by atoms with Crippen LogP contribution in [-0.4, -0.2) is 49.8 Å². The summed E-state index contributed by atoms with van der Waals surface area (Å²) in [5.41, 5.74) is 0.242. The van der Waals surface area contributed by atoms with Crippen molar-refractivity contribution in [3.05, 3.63) is 48.0 Å². The standard InChI is InChI=1S/C22H19F3N4O3S/c1-31-16-8-7-13(11-17(16)32-2)9-10-26-12-14-19(22(23,24)25)28-29(20(14)30)21-27-15-5-3-4-6-18(15)33-21/h3-8,11-12,14H,9-10H2,1-2H3/t14-/m1/s1. The predicted octanol–water partition coefficient (Wildman–Crippen LogP) is 4.51. The zero-order valence-electron chi connectivity index (χ0n) is 17.7. The first kappa shape index (κ1) is 22.7. The molecule has 0 saturated heterocycles. The van der Waals surface area contributed by atoms with Gasteiger partial charge in [0.1, 0.15) is 5.92 Å². The molecule has 0 spiro atoms. The number of aromatic nitrogens is 1. The molecular formula is C22H19F3N4O3S. The van der Waals surface area contributed by atoms with E-state index in [1.54, 1.807) is 36.4 Å². The lowest BCUT2D eigenvalue weighted by molar-refractivity contribution is -0.119. The highest BCUT2D eigenvalue weighted by atomic mass is 32.1. The van der Waals surface area contributed by atoms with Crippen molar-refractivity contribution >= 4 is 44.5 Å². The van der Waals surface area contributed by atoms with Crippen LogP contribution in [0.2, 0.25) is 0 Å². The number of carbonyl (C=O) groups is 1. The maximum Gasteiger partial charge on any atom is 0.432 e. The van der Waals surface area contributed by atoms with Crippen molar-refractivity contribution < 1.29 is 27.4 Å². The summed E-state index contributed by atoms with van der Waals surface area (Å²) in [5, 5.41) is 4.38. The average molecular weight is 476 g/mol. The second-order valence-electron chi connectivity index (χ2n) is 7.07. The molecule has 1 amide bonds. The van der Waals surface area contributed by atoms with E-state index in [2.05, 4.69) is 15.1 Å². The van der Waals surface area contributed by atoms with Crippen LogP contribution in [0.3, 0.4) is 0 Å². The smallest absolute Gasteiger partial charge is 0.432 e. The molecule has 7 nitrogen and oxygen atoms in total. The molecule has 33 heavy (non-hydrogen) atoms. The molecule has 0 N–H and O–H groups in total. The molecule has 0 fully saturated rings. The minimum absolute atomic E-state index is 0.0872. The molecule has 172 valence electrons. The van der Waals surface area contributed by atoms with Crippen LogP contribution in [0.1, 0.15) is 5.56 Å². The van der Waals surface area contributed by atoms with E-state index >= 15 is 0 Å². The van der Waals surface area contributed by atoms with E-state index in [4.69, 9.17) is 9.47 Å². The van der Waals surface area contributed by atoms with Gasteiger partial charge in [0, 0.05) is 12.8 Å². The molecule has 1 aliphatic heterocycles. The zero-order chi connectivity index (χ0) is 23.6. The fraction of sp³-hybridized carbons (Fsp3) is 0.273. The lowest BCUT2D eigenvalue weighted by Gasteiger charge is -2.10. The van der Waals surface area contributed by atoms with Crippen molar-refractivity contribution in [2.75, 3.05) is 25.8 Å². The number of methoxy groups -OCH3 is 2. The normalized spacial score (nSPS) is 16.6. The second-order valence-corrected chi connectivity index (χ2v) is 8.08. The molecule has 2 heterocycles. The third-order valence-corrected chi connectivity index (χ3v) is 5.98.